The van der Waals surface area contributed by atoms with Crippen molar-refractivity contribution in [1.82, 2.24) is 4.90 Å². The molecule has 0 atom stereocenters. The minimum Gasteiger partial charge on any atom is -0.496 e. The van der Waals surface area contributed by atoms with Gasteiger partial charge in [-0.1, -0.05) is 11.6 Å². The molecule has 0 aliphatic carbocycles. The summed E-state index contributed by atoms with van der Waals surface area (Å²) in [4.78, 5) is 12.9. The van der Waals surface area contributed by atoms with E-state index in [-0.39, 0.29) is 5.91 Å². The number of hydrogen-bond acceptors (Lipinski definition) is 2. The van der Waals surface area contributed by atoms with Crippen LogP contribution in [0.3, 0.4) is 0 Å². The van der Waals surface area contributed by atoms with Gasteiger partial charge in [0.1, 0.15) is 5.75 Å². The Morgan fingerprint density at radius 1 is 1.47 bits per heavy atom. The zero-order chi connectivity index (χ0) is 13.2. The Morgan fingerprint density at radius 3 is 2.53 bits per heavy atom. The van der Waals surface area contributed by atoms with Crippen molar-refractivity contribution in [2.45, 2.75) is 27.3 Å². The van der Waals surface area contributed by atoms with Gasteiger partial charge in [0.25, 0.3) is 0 Å². The van der Waals surface area contributed by atoms with Crippen LogP contribution < -0.4 is 4.74 Å². The van der Waals surface area contributed by atoms with E-state index in [9.17, 15) is 4.79 Å². The lowest BCUT2D eigenvalue weighted by Crippen LogP contribution is -2.24. The van der Waals surface area contributed by atoms with Gasteiger partial charge in [-0.3, -0.25) is 4.79 Å². The molecular weight excluding hydrogens is 238 g/mol. The largest absolute Gasteiger partial charge is 0.496 e. The van der Waals surface area contributed by atoms with Crippen LogP contribution in [0, 0.1) is 13.8 Å². The topological polar surface area (TPSA) is 29.5 Å². The molecule has 1 aromatic rings. The second-order valence-electron chi connectivity index (χ2n) is 4.19. The molecule has 1 rings (SSSR count). The molecule has 94 valence electrons. The molecule has 0 aliphatic heterocycles. The Kier molecular flexibility index (Phi) is 4.40. The Morgan fingerprint density at radius 2 is 2.06 bits per heavy atom. The second kappa shape index (κ2) is 5.41. The highest BCUT2D eigenvalue weighted by Crippen LogP contribution is 2.32. The summed E-state index contributed by atoms with van der Waals surface area (Å²) in [5, 5.41) is 0.734. The number of aryl methyl sites for hydroxylation is 1. The van der Waals surface area contributed by atoms with Crippen LogP contribution in [-0.2, 0) is 11.3 Å². The van der Waals surface area contributed by atoms with E-state index < -0.39 is 0 Å². The lowest BCUT2D eigenvalue weighted by molar-refractivity contribution is -0.128. The summed E-state index contributed by atoms with van der Waals surface area (Å²) in [6, 6.07) is 1.90. The Hall–Kier alpha value is -1.22. The molecule has 0 aliphatic rings. The average Bonchev–Trinajstić information content (AvgIpc) is 2.29. The van der Waals surface area contributed by atoms with Crippen molar-refractivity contribution in [3.63, 3.8) is 0 Å². The molecule has 1 aromatic carbocycles. The van der Waals surface area contributed by atoms with Crippen molar-refractivity contribution in [3.8, 4) is 5.75 Å². The normalized spacial score (nSPS) is 10.2. The van der Waals surface area contributed by atoms with Gasteiger partial charge < -0.3 is 9.64 Å². The molecule has 0 saturated carbocycles. The fourth-order valence-electron chi connectivity index (χ4n) is 1.69. The molecule has 0 N–H and O–H groups in total. The van der Waals surface area contributed by atoms with E-state index in [1.54, 1.807) is 19.1 Å². The van der Waals surface area contributed by atoms with Crippen molar-refractivity contribution >= 4 is 17.5 Å². The van der Waals surface area contributed by atoms with Crippen molar-refractivity contribution in [2.75, 3.05) is 14.2 Å². The maximum absolute atomic E-state index is 11.3. The van der Waals surface area contributed by atoms with Crippen molar-refractivity contribution < 1.29 is 9.53 Å². The number of benzene rings is 1. The van der Waals surface area contributed by atoms with Gasteiger partial charge in [-0.2, -0.15) is 0 Å². The van der Waals surface area contributed by atoms with Gasteiger partial charge in [-0.25, -0.2) is 0 Å². The van der Waals surface area contributed by atoms with E-state index in [1.165, 1.54) is 6.92 Å². The first-order valence-electron chi connectivity index (χ1n) is 5.42. The highest BCUT2D eigenvalue weighted by molar-refractivity contribution is 6.32. The number of halogens is 1. The Bertz CT molecular complexity index is 444. The molecule has 0 radical (unpaired) electrons. The fraction of sp³-hybridized carbons (Fsp3) is 0.462. The van der Waals surface area contributed by atoms with Crippen molar-refractivity contribution in [2.24, 2.45) is 0 Å². The van der Waals surface area contributed by atoms with Crippen LogP contribution in [0.2, 0.25) is 5.02 Å². The van der Waals surface area contributed by atoms with Crippen LogP contribution in [0.4, 0.5) is 0 Å². The van der Waals surface area contributed by atoms with Gasteiger partial charge in [0.2, 0.25) is 5.91 Å². The van der Waals surface area contributed by atoms with Crippen LogP contribution in [0.5, 0.6) is 5.75 Å². The fourth-order valence-corrected chi connectivity index (χ4v) is 1.86. The summed E-state index contributed by atoms with van der Waals surface area (Å²) in [7, 11) is 3.38. The summed E-state index contributed by atoms with van der Waals surface area (Å²) < 4.78 is 5.35. The van der Waals surface area contributed by atoms with E-state index >= 15 is 0 Å². The van der Waals surface area contributed by atoms with E-state index in [0.717, 1.165) is 27.5 Å². The summed E-state index contributed by atoms with van der Waals surface area (Å²) in [6.45, 7) is 5.93. The number of ether oxygens (including phenoxy) is 1. The number of rotatable bonds is 3. The minimum absolute atomic E-state index is 0.0168. The molecule has 0 saturated heterocycles. The van der Waals surface area contributed by atoms with Crippen LogP contribution in [0.15, 0.2) is 6.07 Å². The standard InChI is InChI=1S/C13H18ClNO2/c1-8-6-12(17-5)11(9(2)13(8)14)7-15(4)10(3)16/h6H,7H2,1-5H3. The quantitative estimate of drug-likeness (QED) is 0.831. The number of methoxy groups -OCH3 is 1. The van der Waals surface area contributed by atoms with Crippen LogP contribution in [-0.4, -0.2) is 25.0 Å². The molecule has 4 heteroatoms. The first kappa shape index (κ1) is 13.8. The van der Waals surface area contributed by atoms with Gasteiger partial charge in [0.05, 0.1) is 7.11 Å². The summed E-state index contributed by atoms with van der Waals surface area (Å²) >= 11 is 6.22. The third kappa shape index (κ3) is 2.91. The first-order valence-corrected chi connectivity index (χ1v) is 5.80. The number of amides is 1. The maximum atomic E-state index is 11.3. The number of carbonyl (C=O) groups is 1. The lowest BCUT2D eigenvalue weighted by Gasteiger charge is -2.20. The Balaban J connectivity index is 3.21. The van der Waals surface area contributed by atoms with E-state index in [0.29, 0.717) is 6.54 Å². The number of carbonyl (C=O) groups excluding carboxylic acids is 1. The number of nitrogens with zero attached hydrogens (tertiary/aromatic N) is 1. The minimum atomic E-state index is 0.0168. The van der Waals surface area contributed by atoms with Gasteiger partial charge in [0.15, 0.2) is 0 Å². The monoisotopic (exact) mass is 255 g/mol. The van der Waals surface area contributed by atoms with Crippen LogP contribution in [0.25, 0.3) is 0 Å². The highest BCUT2D eigenvalue weighted by atomic mass is 35.5. The van der Waals surface area contributed by atoms with Gasteiger partial charge in [0, 0.05) is 31.1 Å². The molecule has 17 heavy (non-hydrogen) atoms. The van der Waals surface area contributed by atoms with Gasteiger partial charge >= 0.3 is 0 Å². The molecule has 3 nitrogen and oxygen atoms in total. The summed E-state index contributed by atoms with van der Waals surface area (Å²) in [5.41, 5.74) is 2.91. The summed E-state index contributed by atoms with van der Waals surface area (Å²) in [5.74, 6) is 0.792. The zero-order valence-corrected chi connectivity index (χ0v) is 11.7. The smallest absolute Gasteiger partial charge is 0.219 e. The van der Waals surface area contributed by atoms with Crippen LogP contribution >= 0.6 is 11.6 Å². The Labute approximate surface area is 107 Å². The SMILES string of the molecule is COc1cc(C)c(Cl)c(C)c1CN(C)C(C)=O. The predicted octanol–water partition coefficient (Wildman–Crippen LogP) is 2.94. The molecule has 0 bridgehead atoms. The molecule has 0 aromatic heterocycles. The maximum Gasteiger partial charge on any atom is 0.219 e. The third-order valence-corrected chi connectivity index (χ3v) is 3.51. The highest BCUT2D eigenvalue weighted by Gasteiger charge is 2.15. The van der Waals surface area contributed by atoms with Gasteiger partial charge in [-0.15, -0.1) is 0 Å². The van der Waals surface area contributed by atoms with Gasteiger partial charge in [-0.05, 0) is 31.0 Å². The summed E-state index contributed by atoms with van der Waals surface area (Å²) in [6.07, 6.45) is 0. The predicted molar refractivity (Wildman–Crippen MR) is 69.6 cm³/mol. The third-order valence-electron chi connectivity index (χ3n) is 2.93. The lowest BCUT2D eigenvalue weighted by atomic mass is 10.0. The molecular formula is C13H18ClNO2. The number of hydrogen-bond donors (Lipinski definition) is 0. The first-order chi connectivity index (χ1) is 7.88. The zero-order valence-electron chi connectivity index (χ0n) is 10.9. The average molecular weight is 256 g/mol. The van der Waals surface area contributed by atoms with E-state index in [4.69, 9.17) is 16.3 Å². The molecule has 0 spiro atoms. The second-order valence-corrected chi connectivity index (χ2v) is 4.57. The van der Waals surface area contributed by atoms with E-state index in [1.807, 2.05) is 19.9 Å². The molecule has 0 fully saturated rings. The van der Waals surface area contributed by atoms with Crippen LogP contribution in [0.1, 0.15) is 23.6 Å². The van der Waals surface area contributed by atoms with E-state index in [2.05, 4.69) is 0 Å². The molecule has 0 unspecified atom stereocenters. The van der Waals surface area contributed by atoms with Crippen molar-refractivity contribution in [3.05, 3.63) is 27.8 Å². The molecule has 0 heterocycles. The van der Waals surface area contributed by atoms with Crippen molar-refractivity contribution in [1.29, 1.82) is 0 Å². The molecule has 1 amide bonds.